The maximum Gasteiger partial charge on any atom is 0.144 e. The Balaban J connectivity index is 1.46. The van der Waals surface area contributed by atoms with E-state index in [4.69, 9.17) is 4.98 Å². The number of para-hydroxylation sites is 1. The number of aryl methyl sites for hydroxylation is 2. The minimum atomic E-state index is 0.118. The molecule has 0 saturated heterocycles. The highest BCUT2D eigenvalue weighted by atomic mass is 16.3. The van der Waals surface area contributed by atoms with Crippen LogP contribution in [0.1, 0.15) is 5.69 Å². The number of imidazole rings is 1. The monoisotopic (exact) mass is 468 g/mol. The molecule has 3 aromatic carbocycles. The SMILES string of the molecule is Cc1cc(-c2nc3c(-c4cccc(-c5cc(-c6ccccc6)ccn5)c4)cccc3n2C)c(O)cn1. The van der Waals surface area contributed by atoms with Crippen molar-refractivity contribution in [1.82, 2.24) is 19.5 Å². The van der Waals surface area contributed by atoms with Gasteiger partial charge in [0.25, 0.3) is 0 Å². The van der Waals surface area contributed by atoms with Crippen molar-refractivity contribution in [2.24, 2.45) is 7.05 Å². The van der Waals surface area contributed by atoms with Gasteiger partial charge in [-0.25, -0.2) is 4.98 Å². The third-order valence-electron chi connectivity index (χ3n) is 6.51. The molecule has 0 spiro atoms. The number of fused-ring (bicyclic) bond motifs is 1. The summed E-state index contributed by atoms with van der Waals surface area (Å²) in [5.41, 5.74) is 9.72. The predicted molar refractivity (Wildman–Crippen MR) is 144 cm³/mol. The van der Waals surface area contributed by atoms with Crippen LogP contribution in [0.25, 0.3) is 55.9 Å². The molecule has 1 N–H and O–H groups in total. The van der Waals surface area contributed by atoms with Gasteiger partial charge in [-0.2, -0.15) is 0 Å². The lowest BCUT2D eigenvalue weighted by Crippen LogP contribution is -1.94. The van der Waals surface area contributed by atoms with Crippen LogP contribution in [0.4, 0.5) is 0 Å². The van der Waals surface area contributed by atoms with Crippen LogP contribution in [0.15, 0.2) is 103 Å². The largest absolute Gasteiger partial charge is 0.506 e. The number of pyridine rings is 2. The number of hydrogen-bond donors (Lipinski definition) is 1. The van der Waals surface area contributed by atoms with Gasteiger partial charge >= 0.3 is 0 Å². The van der Waals surface area contributed by atoms with Gasteiger partial charge in [-0.15, -0.1) is 0 Å². The van der Waals surface area contributed by atoms with Crippen molar-refractivity contribution in [2.45, 2.75) is 6.92 Å². The number of benzene rings is 3. The number of rotatable bonds is 4. The van der Waals surface area contributed by atoms with Gasteiger partial charge in [0.05, 0.1) is 28.5 Å². The fourth-order valence-corrected chi connectivity index (χ4v) is 4.66. The van der Waals surface area contributed by atoms with E-state index in [2.05, 4.69) is 64.6 Å². The molecule has 0 radical (unpaired) electrons. The second-order valence-electron chi connectivity index (χ2n) is 8.89. The van der Waals surface area contributed by atoms with Gasteiger partial charge in [-0.05, 0) is 53.9 Å². The summed E-state index contributed by atoms with van der Waals surface area (Å²) in [5, 5.41) is 10.5. The van der Waals surface area contributed by atoms with Crippen molar-refractivity contribution >= 4 is 11.0 Å². The molecular weight excluding hydrogens is 444 g/mol. The lowest BCUT2D eigenvalue weighted by atomic mass is 9.99. The summed E-state index contributed by atoms with van der Waals surface area (Å²) in [6.45, 7) is 1.91. The molecular formula is C31H24N4O. The van der Waals surface area contributed by atoms with Crippen LogP contribution in [-0.2, 0) is 7.05 Å². The van der Waals surface area contributed by atoms with E-state index in [1.807, 2.05) is 61.1 Å². The van der Waals surface area contributed by atoms with E-state index in [9.17, 15) is 5.11 Å². The summed E-state index contributed by atoms with van der Waals surface area (Å²) in [4.78, 5) is 13.8. The number of hydrogen-bond acceptors (Lipinski definition) is 4. The normalized spacial score (nSPS) is 11.2. The summed E-state index contributed by atoms with van der Waals surface area (Å²) in [6.07, 6.45) is 3.34. The second kappa shape index (κ2) is 8.78. The van der Waals surface area contributed by atoms with Crippen LogP contribution in [0, 0.1) is 6.92 Å². The Morgan fingerprint density at radius 2 is 1.47 bits per heavy atom. The van der Waals surface area contributed by atoms with Crippen molar-refractivity contribution in [3.05, 3.63) is 109 Å². The van der Waals surface area contributed by atoms with Gasteiger partial charge in [0, 0.05) is 30.1 Å². The minimum Gasteiger partial charge on any atom is -0.506 e. The second-order valence-corrected chi connectivity index (χ2v) is 8.89. The molecule has 0 saturated carbocycles. The van der Waals surface area contributed by atoms with Crippen LogP contribution in [-0.4, -0.2) is 24.6 Å². The van der Waals surface area contributed by atoms with Crippen molar-refractivity contribution in [2.75, 3.05) is 0 Å². The molecule has 174 valence electrons. The number of aromatic hydroxyl groups is 1. The zero-order valence-corrected chi connectivity index (χ0v) is 20.1. The molecule has 0 bridgehead atoms. The van der Waals surface area contributed by atoms with Gasteiger partial charge in [0.2, 0.25) is 0 Å². The Morgan fingerprint density at radius 3 is 2.33 bits per heavy atom. The first-order chi connectivity index (χ1) is 17.6. The quantitative estimate of drug-likeness (QED) is 0.301. The van der Waals surface area contributed by atoms with Crippen LogP contribution in [0.2, 0.25) is 0 Å². The molecule has 0 aliphatic carbocycles. The molecule has 0 aliphatic heterocycles. The first kappa shape index (κ1) is 21.7. The van der Waals surface area contributed by atoms with Crippen LogP contribution in [0.5, 0.6) is 5.75 Å². The average molecular weight is 469 g/mol. The van der Waals surface area contributed by atoms with E-state index in [-0.39, 0.29) is 5.75 Å². The fraction of sp³-hybridized carbons (Fsp3) is 0.0645. The lowest BCUT2D eigenvalue weighted by Gasteiger charge is -2.08. The van der Waals surface area contributed by atoms with Gasteiger partial charge in [-0.1, -0.05) is 60.7 Å². The molecule has 0 atom stereocenters. The van der Waals surface area contributed by atoms with E-state index in [0.717, 1.165) is 50.2 Å². The predicted octanol–water partition coefficient (Wildman–Crippen LogP) is 7.05. The lowest BCUT2D eigenvalue weighted by molar-refractivity contribution is 0.473. The molecule has 36 heavy (non-hydrogen) atoms. The van der Waals surface area contributed by atoms with Crippen molar-refractivity contribution in [3.8, 4) is 50.6 Å². The summed E-state index contributed by atoms with van der Waals surface area (Å²) in [5.74, 6) is 0.820. The van der Waals surface area contributed by atoms with Crippen LogP contribution >= 0.6 is 0 Å². The molecule has 5 nitrogen and oxygen atoms in total. The van der Waals surface area contributed by atoms with Crippen LogP contribution < -0.4 is 0 Å². The van der Waals surface area contributed by atoms with E-state index in [1.165, 1.54) is 6.20 Å². The number of nitrogens with zero attached hydrogens (tertiary/aromatic N) is 4. The van der Waals surface area contributed by atoms with Gasteiger partial charge in [0.15, 0.2) is 0 Å². The van der Waals surface area contributed by atoms with Gasteiger partial charge in [-0.3, -0.25) is 9.97 Å². The van der Waals surface area contributed by atoms with E-state index < -0.39 is 0 Å². The standard InChI is InChI=1S/C31H24N4O/c1-20-16-26(29(36)19-33-20)31-34-30-25(12-7-13-28(30)35(31)2)23-10-6-11-24(17-23)27-18-22(14-15-32-27)21-8-4-3-5-9-21/h3-19,36H,1-2H3. The zero-order chi connectivity index (χ0) is 24.6. The Labute approximate surface area is 209 Å². The topological polar surface area (TPSA) is 63.8 Å². The molecule has 0 unspecified atom stereocenters. The molecule has 0 aliphatic rings. The van der Waals surface area contributed by atoms with Crippen LogP contribution in [0.3, 0.4) is 0 Å². The molecule has 0 amide bonds. The summed E-state index contributed by atoms with van der Waals surface area (Å²) in [6, 6.07) is 30.9. The fourth-order valence-electron chi connectivity index (χ4n) is 4.66. The summed E-state index contributed by atoms with van der Waals surface area (Å²) >= 11 is 0. The highest BCUT2D eigenvalue weighted by Crippen LogP contribution is 2.35. The summed E-state index contributed by atoms with van der Waals surface area (Å²) < 4.78 is 2.02. The highest BCUT2D eigenvalue weighted by molar-refractivity contribution is 5.95. The molecule has 0 fully saturated rings. The molecule has 3 aromatic heterocycles. The number of aromatic nitrogens is 4. The van der Waals surface area contributed by atoms with Crippen molar-refractivity contribution in [1.29, 1.82) is 0 Å². The average Bonchev–Trinajstić information content (AvgIpc) is 3.27. The molecule has 6 rings (SSSR count). The van der Waals surface area contributed by atoms with Crippen molar-refractivity contribution in [3.63, 3.8) is 0 Å². The van der Waals surface area contributed by atoms with E-state index in [1.54, 1.807) is 0 Å². The Hall–Kier alpha value is -4.77. The Bertz CT molecular complexity index is 1720. The third-order valence-corrected chi connectivity index (χ3v) is 6.51. The first-order valence-electron chi connectivity index (χ1n) is 11.8. The Kier molecular flexibility index (Phi) is 5.30. The molecule has 3 heterocycles. The summed E-state index contributed by atoms with van der Waals surface area (Å²) in [7, 11) is 1.97. The Morgan fingerprint density at radius 1 is 0.694 bits per heavy atom. The highest BCUT2D eigenvalue weighted by Gasteiger charge is 2.17. The maximum absolute atomic E-state index is 10.5. The van der Waals surface area contributed by atoms with Gasteiger partial charge in [0.1, 0.15) is 11.6 Å². The first-order valence-corrected chi connectivity index (χ1v) is 11.8. The van der Waals surface area contributed by atoms with Gasteiger partial charge < -0.3 is 9.67 Å². The maximum atomic E-state index is 10.5. The van der Waals surface area contributed by atoms with E-state index >= 15 is 0 Å². The van der Waals surface area contributed by atoms with E-state index in [0.29, 0.717) is 11.4 Å². The van der Waals surface area contributed by atoms with Crippen molar-refractivity contribution < 1.29 is 5.11 Å². The minimum absolute atomic E-state index is 0.118. The molecule has 5 heteroatoms. The zero-order valence-electron chi connectivity index (χ0n) is 20.1. The third kappa shape index (κ3) is 3.81. The smallest absolute Gasteiger partial charge is 0.144 e. The molecule has 6 aromatic rings.